The van der Waals surface area contributed by atoms with Crippen LogP contribution >= 0.6 is 35.6 Å². The predicted octanol–water partition coefficient (Wildman–Crippen LogP) is 2.58. The Labute approximate surface area is 183 Å². The van der Waals surface area contributed by atoms with Crippen molar-refractivity contribution in [2.45, 2.75) is 25.9 Å². The van der Waals surface area contributed by atoms with E-state index in [1.807, 2.05) is 12.1 Å². The molecule has 2 aromatic rings. The molecule has 0 bridgehead atoms. The number of hydrogen-bond donors (Lipinski definition) is 2. The molecule has 0 saturated carbocycles. The minimum atomic E-state index is 0. The van der Waals surface area contributed by atoms with Gasteiger partial charge in [0, 0.05) is 38.1 Å². The van der Waals surface area contributed by atoms with Crippen molar-refractivity contribution in [1.29, 1.82) is 0 Å². The van der Waals surface area contributed by atoms with Gasteiger partial charge >= 0.3 is 0 Å². The number of likely N-dealkylation sites (N-methyl/N-ethyl adjacent to an activating group) is 1. The Kier molecular flexibility index (Phi) is 10.6. The SMILES string of the molecule is CCc1nncn1CCNC(=NC)NCC(c1ccc(Cl)cc1)N(C)C.I. The van der Waals surface area contributed by atoms with Crippen LogP contribution in [0.3, 0.4) is 0 Å². The summed E-state index contributed by atoms with van der Waals surface area (Å²) >= 11 is 6.00. The highest BCUT2D eigenvalue weighted by Gasteiger charge is 2.14. The van der Waals surface area contributed by atoms with E-state index in [2.05, 4.69) is 68.4 Å². The van der Waals surface area contributed by atoms with Gasteiger partial charge in [0.15, 0.2) is 5.96 Å². The molecule has 0 aliphatic carbocycles. The summed E-state index contributed by atoms with van der Waals surface area (Å²) in [4.78, 5) is 6.48. The molecule has 0 spiro atoms. The van der Waals surface area contributed by atoms with E-state index in [9.17, 15) is 0 Å². The molecule has 2 N–H and O–H groups in total. The molecule has 0 saturated heterocycles. The lowest BCUT2D eigenvalue weighted by molar-refractivity contribution is 0.298. The molecule has 2 rings (SSSR count). The fourth-order valence-electron chi connectivity index (χ4n) is 2.73. The van der Waals surface area contributed by atoms with Crippen molar-refractivity contribution in [3.05, 3.63) is 47.0 Å². The third kappa shape index (κ3) is 7.27. The molecule has 150 valence electrons. The summed E-state index contributed by atoms with van der Waals surface area (Å²) in [6.07, 6.45) is 2.64. The van der Waals surface area contributed by atoms with Gasteiger partial charge < -0.3 is 20.1 Å². The maximum absolute atomic E-state index is 6.00. The number of benzene rings is 1. The second-order valence-corrected chi connectivity index (χ2v) is 6.64. The van der Waals surface area contributed by atoms with Gasteiger partial charge in [0.2, 0.25) is 0 Å². The standard InChI is InChI=1S/C18H28ClN7.HI/c1-5-17-24-23-13-26(17)11-10-21-18(20-2)22-12-16(25(3)4)14-6-8-15(19)9-7-14;/h6-9,13,16H,5,10-12H2,1-4H3,(H2,20,21,22);1H. The van der Waals surface area contributed by atoms with Crippen molar-refractivity contribution in [2.75, 3.05) is 34.2 Å². The maximum atomic E-state index is 6.00. The van der Waals surface area contributed by atoms with Crippen molar-refractivity contribution >= 4 is 41.5 Å². The average molecular weight is 506 g/mol. The van der Waals surface area contributed by atoms with E-state index in [-0.39, 0.29) is 30.0 Å². The van der Waals surface area contributed by atoms with Crippen LogP contribution in [0.5, 0.6) is 0 Å². The number of hydrogen-bond acceptors (Lipinski definition) is 4. The zero-order valence-electron chi connectivity index (χ0n) is 16.3. The molecular weight excluding hydrogens is 477 g/mol. The number of nitrogens with one attached hydrogen (secondary N) is 2. The Balaban J connectivity index is 0.00000364. The molecule has 0 aliphatic rings. The summed E-state index contributed by atoms with van der Waals surface area (Å²) < 4.78 is 2.05. The number of nitrogens with zero attached hydrogens (tertiary/aromatic N) is 5. The van der Waals surface area contributed by atoms with Gasteiger partial charge in [0.05, 0.1) is 6.04 Å². The number of aryl methyl sites for hydroxylation is 1. The molecule has 0 aliphatic heterocycles. The quantitative estimate of drug-likeness (QED) is 0.328. The number of guanidine groups is 1. The second-order valence-electron chi connectivity index (χ2n) is 6.20. The van der Waals surface area contributed by atoms with Crippen LogP contribution in [-0.4, -0.2) is 59.9 Å². The summed E-state index contributed by atoms with van der Waals surface area (Å²) in [5, 5.41) is 15.5. The van der Waals surface area contributed by atoms with Crippen LogP contribution in [0.15, 0.2) is 35.6 Å². The van der Waals surface area contributed by atoms with Crippen molar-refractivity contribution < 1.29 is 0 Å². The van der Waals surface area contributed by atoms with Gasteiger partial charge in [-0.25, -0.2) is 0 Å². The molecule has 0 fully saturated rings. The van der Waals surface area contributed by atoms with Crippen LogP contribution in [0.1, 0.15) is 24.4 Å². The molecule has 0 amide bonds. The first-order valence-corrected chi connectivity index (χ1v) is 9.16. The normalized spacial score (nSPS) is 12.6. The van der Waals surface area contributed by atoms with Crippen molar-refractivity contribution in [3.8, 4) is 0 Å². The number of aromatic nitrogens is 3. The van der Waals surface area contributed by atoms with Crippen molar-refractivity contribution in [3.63, 3.8) is 0 Å². The van der Waals surface area contributed by atoms with Crippen molar-refractivity contribution in [2.24, 2.45) is 4.99 Å². The molecule has 1 atom stereocenters. The fourth-order valence-corrected chi connectivity index (χ4v) is 2.86. The van der Waals surface area contributed by atoms with E-state index in [0.717, 1.165) is 42.9 Å². The van der Waals surface area contributed by atoms with Gasteiger partial charge in [-0.15, -0.1) is 34.2 Å². The highest BCUT2D eigenvalue weighted by Crippen LogP contribution is 2.19. The molecule has 1 unspecified atom stereocenters. The smallest absolute Gasteiger partial charge is 0.191 e. The first kappa shape index (κ1) is 23.6. The van der Waals surface area contributed by atoms with E-state index < -0.39 is 0 Å². The summed E-state index contributed by atoms with van der Waals surface area (Å²) in [7, 11) is 5.91. The lowest BCUT2D eigenvalue weighted by atomic mass is 10.1. The third-order valence-corrected chi connectivity index (χ3v) is 4.47. The fraction of sp³-hybridized carbons (Fsp3) is 0.500. The van der Waals surface area contributed by atoms with Crippen LogP contribution in [0.25, 0.3) is 0 Å². The molecule has 1 aromatic heterocycles. The minimum absolute atomic E-state index is 0. The number of rotatable bonds is 8. The van der Waals surface area contributed by atoms with Gasteiger partial charge in [-0.2, -0.15) is 0 Å². The zero-order valence-corrected chi connectivity index (χ0v) is 19.4. The largest absolute Gasteiger partial charge is 0.355 e. The van der Waals surface area contributed by atoms with Crippen LogP contribution in [-0.2, 0) is 13.0 Å². The highest BCUT2D eigenvalue weighted by molar-refractivity contribution is 14.0. The molecular formula is C18H29ClIN7. The first-order chi connectivity index (χ1) is 12.5. The van der Waals surface area contributed by atoms with Crippen LogP contribution in [0.2, 0.25) is 5.02 Å². The average Bonchev–Trinajstić information content (AvgIpc) is 3.09. The van der Waals surface area contributed by atoms with Crippen molar-refractivity contribution in [1.82, 2.24) is 30.3 Å². The Morgan fingerprint density at radius 2 is 1.96 bits per heavy atom. The van der Waals surface area contributed by atoms with Gasteiger partial charge in [0.25, 0.3) is 0 Å². The molecule has 0 radical (unpaired) electrons. The first-order valence-electron chi connectivity index (χ1n) is 8.78. The Morgan fingerprint density at radius 1 is 1.26 bits per heavy atom. The van der Waals surface area contributed by atoms with Gasteiger partial charge in [-0.05, 0) is 31.8 Å². The Morgan fingerprint density at radius 3 is 2.56 bits per heavy atom. The van der Waals surface area contributed by atoms with Gasteiger partial charge in [0.1, 0.15) is 12.2 Å². The maximum Gasteiger partial charge on any atom is 0.191 e. The van der Waals surface area contributed by atoms with Gasteiger partial charge in [-0.1, -0.05) is 30.7 Å². The number of halogens is 2. The van der Waals surface area contributed by atoms with Gasteiger partial charge in [-0.3, -0.25) is 4.99 Å². The minimum Gasteiger partial charge on any atom is -0.355 e. The monoisotopic (exact) mass is 505 g/mol. The topological polar surface area (TPSA) is 70.4 Å². The molecule has 1 heterocycles. The summed E-state index contributed by atoms with van der Waals surface area (Å²) in [6, 6.07) is 8.18. The molecule has 27 heavy (non-hydrogen) atoms. The summed E-state index contributed by atoms with van der Waals surface area (Å²) in [5.41, 5.74) is 1.21. The summed E-state index contributed by atoms with van der Waals surface area (Å²) in [5.74, 6) is 1.77. The highest BCUT2D eigenvalue weighted by atomic mass is 127. The lowest BCUT2D eigenvalue weighted by Crippen LogP contribution is -2.42. The van der Waals surface area contributed by atoms with Crippen LogP contribution in [0.4, 0.5) is 0 Å². The Hall–Kier alpha value is -1.39. The van der Waals surface area contributed by atoms with Crippen LogP contribution < -0.4 is 10.6 Å². The predicted molar refractivity (Wildman–Crippen MR) is 122 cm³/mol. The lowest BCUT2D eigenvalue weighted by Gasteiger charge is -2.26. The Bertz CT molecular complexity index is 700. The molecule has 9 heteroatoms. The zero-order chi connectivity index (χ0) is 18.9. The van der Waals surface area contributed by atoms with Crippen LogP contribution in [0, 0.1) is 0 Å². The third-order valence-electron chi connectivity index (χ3n) is 4.22. The van der Waals surface area contributed by atoms with E-state index >= 15 is 0 Å². The molecule has 1 aromatic carbocycles. The molecule has 7 nitrogen and oxygen atoms in total. The summed E-state index contributed by atoms with van der Waals surface area (Å²) in [6.45, 7) is 4.36. The van der Waals surface area contributed by atoms with E-state index in [4.69, 9.17) is 11.6 Å². The van der Waals surface area contributed by atoms with E-state index in [1.54, 1.807) is 13.4 Å². The van der Waals surface area contributed by atoms with E-state index in [0.29, 0.717) is 0 Å². The number of aliphatic imine (C=N–C) groups is 1. The van der Waals surface area contributed by atoms with E-state index in [1.165, 1.54) is 5.56 Å². The second kappa shape index (κ2) is 12.1.